The number of hydrogen-bond acceptors (Lipinski definition) is 6. The van der Waals surface area contributed by atoms with E-state index in [2.05, 4.69) is 5.32 Å². The molecule has 0 radical (unpaired) electrons. The smallest absolute Gasteiger partial charge is 0.294 e. The molecule has 1 aliphatic heterocycles. The summed E-state index contributed by atoms with van der Waals surface area (Å²) in [6, 6.07) is 9.10. The highest BCUT2D eigenvalue weighted by Crippen LogP contribution is 2.35. The number of benzene rings is 2. The molecule has 1 N–H and O–H groups in total. The van der Waals surface area contributed by atoms with E-state index in [4.69, 9.17) is 9.47 Å². The molecule has 3 amide bonds. The molecule has 162 valence electrons. The summed E-state index contributed by atoms with van der Waals surface area (Å²) in [6.45, 7) is 5.43. The molecule has 31 heavy (non-hydrogen) atoms. The third kappa shape index (κ3) is 4.91. The van der Waals surface area contributed by atoms with Crippen molar-refractivity contribution in [2.75, 3.05) is 26.1 Å². The molecule has 8 heteroatoms. The fourth-order valence-corrected chi connectivity index (χ4v) is 4.26. The van der Waals surface area contributed by atoms with E-state index in [0.717, 1.165) is 33.4 Å². The van der Waals surface area contributed by atoms with Crippen LogP contribution in [-0.2, 0) is 9.59 Å². The maximum Gasteiger partial charge on any atom is 0.294 e. The molecule has 0 bridgehead atoms. The van der Waals surface area contributed by atoms with Gasteiger partial charge in [0.25, 0.3) is 11.1 Å². The van der Waals surface area contributed by atoms with Gasteiger partial charge in [-0.15, -0.1) is 0 Å². The van der Waals surface area contributed by atoms with Crippen LogP contribution in [0.25, 0.3) is 6.08 Å². The summed E-state index contributed by atoms with van der Waals surface area (Å²) >= 11 is 0.788. The first-order valence-electron chi connectivity index (χ1n) is 9.58. The Morgan fingerprint density at radius 1 is 1.06 bits per heavy atom. The predicted molar refractivity (Wildman–Crippen MR) is 122 cm³/mol. The maximum absolute atomic E-state index is 12.8. The number of hydrogen-bond donors (Lipinski definition) is 1. The summed E-state index contributed by atoms with van der Waals surface area (Å²) in [4.78, 5) is 39.0. The number of thioether (sulfide) groups is 1. The Kier molecular flexibility index (Phi) is 6.70. The SMILES string of the molecule is COc1ccc(OC)c(/C=C2/SC(=O)N(CC(=O)Nc3c(C)cc(C)cc3C)C2=O)c1. The van der Waals surface area contributed by atoms with E-state index < -0.39 is 17.1 Å². The first-order chi connectivity index (χ1) is 14.7. The Labute approximate surface area is 185 Å². The minimum atomic E-state index is -0.521. The van der Waals surface area contributed by atoms with Crippen molar-refractivity contribution >= 4 is 40.6 Å². The maximum atomic E-state index is 12.8. The largest absolute Gasteiger partial charge is 0.497 e. The number of anilines is 1. The average Bonchev–Trinajstić information content (AvgIpc) is 2.98. The third-order valence-electron chi connectivity index (χ3n) is 4.84. The summed E-state index contributed by atoms with van der Waals surface area (Å²) in [7, 11) is 3.06. The van der Waals surface area contributed by atoms with Gasteiger partial charge < -0.3 is 14.8 Å². The minimum absolute atomic E-state index is 0.215. The zero-order valence-corrected chi connectivity index (χ0v) is 18.9. The van der Waals surface area contributed by atoms with Crippen LogP contribution in [0.15, 0.2) is 35.2 Å². The quantitative estimate of drug-likeness (QED) is 0.674. The third-order valence-corrected chi connectivity index (χ3v) is 5.75. The molecule has 0 spiro atoms. The molecule has 0 saturated carbocycles. The van der Waals surface area contributed by atoms with E-state index in [1.165, 1.54) is 14.2 Å². The molecule has 0 aliphatic carbocycles. The Morgan fingerprint density at radius 3 is 2.35 bits per heavy atom. The number of methoxy groups -OCH3 is 2. The summed E-state index contributed by atoms with van der Waals surface area (Å²) in [6.07, 6.45) is 1.57. The molecular weight excluding hydrogens is 416 g/mol. The number of nitrogens with one attached hydrogen (secondary N) is 1. The number of nitrogens with zero attached hydrogens (tertiary/aromatic N) is 1. The van der Waals surface area contributed by atoms with E-state index in [1.54, 1.807) is 24.3 Å². The van der Waals surface area contributed by atoms with Gasteiger partial charge in [0.2, 0.25) is 5.91 Å². The van der Waals surface area contributed by atoms with E-state index >= 15 is 0 Å². The number of ether oxygens (including phenoxy) is 2. The Balaban J connectivity index is 1.78. The van der Waals surface area contributed by atoms with Gasteiger partial charge >= 0.3 is 0 Å². The molecule has 1 fully saturated rings. The lowest BCUT2D eigenvalue weighted by Gasteiger charge is -2.16. The van der Waals surface area contributed by atoms with Gasteiger partial charge in [0.15, 0.2) is 0 Å². The number of imide groups is 1. The van der Waals surface area contributed by atoms with Crippen LogP contribution in [0.1, 0.15) is 22.3 Å². The predicted octanol–water partition coefficient (Wildman–Crippen LogP) is 4.30. The second-order valence-electron chi connectivity index (χ2n) is 7.20. The molecule has 0 aromatic heterocycles. The van der Waals surface area contributed by atoms with Gasteiger partial charge in [0.1, 0.15) is 18.0 Å². The fraction of sp³-hybridized carbons (Fsp3) is 0.261. The van der Waals surface area contributed by atoms with Crippen molar-refractivity contribution in [3.8, 4) is 11.5 Å². The normalized spacial score (nSPS) is 14.9. The number of aryl methyl sites for hydroxylation is 3. The van der Waals surface area contributed by atoms with Gasteiger partial charge in [-0.25, -0.2) is 0 Å². The molecule has 3 rings (SSSR count). The second kappa shape index (κ2) is 9.26. The van der Waals surface area contributed by atoms with Crippen molar-refractivity contribution in [1.82, 2.24) is 4.90 Å². The fourth-order valence-electron chi connectivity index (χ4n) is 3.43. The van der Waals surface area contributed by atoms with Crippen LogP contribution in [0.2, 0.25) is 0 Å². The van der Waals surface area contributed by atoms with E-state index in [1.807, 2.05) is 32.9 Å². The summed E-state index contributed by atoms with van der Waals surface area (Å²) in [5.41, 5.74) is 4.23. The van der Waals surface area contributed by atoms with Crippen LogP contribution >= 0.6 is 11.8 Å². The second-order valence-corrected chi connectivity index (χ2v) is 8.19. The van der Waals surface area contributed by atoms with Crippen LogP contribution in [0, 0.1) is 20.8 Å². The lowest BCUT2D eigenvalue weighted by molar-refractivity contribution is -0.127. The van der Waals surface area contributed by atoms with Crippen molar-refractivity contribution < 1.29 is 23.9 Å². The standard InChI is InChI=1S/C23H24N2O5S/c1-13-8-14(2)21(15(3)9-13)24-20(26)12-25-22(27)19(31-23(25)28)11-16-10-17(29-4)6-7-18(16)30-5/h6-11H,12H2,1-5H3,(H,24,26)/b19-11+. The highest BCUT2D eigenvalue weighted by molar-refractivity contribution is 8.18. The number of rotatable bonds is 6. The van der Waals surface area contributed by atoms with Crippen molar-refractivity contribution in [3.63, 3.8) is 0 Å². The topological polar surface area (TPSA) is 84.9 Å². The molecule has 1 saturated heterocycles. The highest BCUT2D eigenvalue weighted by atomic mass is 32.2. The molecular formula is C23H24N2O5S. The van der Waals surface area contributed by atoms with Crippen LogP contribution in [-0.4, -0.2) is 42.7 Å². The molecule has 2 aromatic carbocycles. The van der Waals surface area contributed by atoms with Gasteiger partial charge in [-0.05, 0) is 67.9 Å². The molecule has 1 heterocycles. The van der Waals surface area contributed by atoms with Crippen molar-refractivity contribution in [2.24, 2.45) is 0 Å². The molecule has 7 nitrogen and oxygen atoms in total. The van der Waals surface area contributed by atoms with Gasteiger partial charge in [-0.3, -0.25) is 19.3 Å². The summed E-state index contributed by atoms with van der Waals surface area (Å²) < 4.78 is 10.5. The number of carbonyl (C=O) groups excluding carboxylic acids is 3. The monoisotopic (exact) mass is 440 g/mol. The van der Waals surface area contributed by atoms with E-state index in [9.17, 15) is 14.4 Å². The zero-order chi connectivity index (χ0) is 22.7. The number of carbonyl (C=O) groups is 3. The van der Waals surface area contributed by atoms with Crippen LogP contribution < -0.4 is 14.8 Å². The van der Waals surface area contributed by atoms with Crippen molar-refractivity contribution in [3.05, 3.63) is 57.5 Å². The van der Waals surface area contributed by atoms with E-state index in [-0.39, 0.29) is 11.4 Å². The van der Waals surface area contributed by atoms with Crippen LogP contribution in [0.3, 0.4) is 0 Å². The molecule has 0 atom stereocenters. The molecule has 2 aromatic rings. The van der Waals surface area contributed by atoms with E-state index in [0.29, 0.717) is 22.7 Å². The molecule has 1 aliphatic rings. The lowest BCUT2D eigenvalue weighted by Crippen LogP contribution is -2.36. The van der Waals surface area contributed by atoms with Crippen LogP contribution in [0.5, 0.6) is 11.5 Å². The molecule has 0 unspecified atom stereocenters. The number of amides is 3. The van der Waals surface area contributed by atoms with Crippen molar-refractivity contribution in [1.29, 1.82) is 0 Å². The van der Waals surface area contributed by atoms with Crippen molar-refractivity contribution in [2.45, 2.75) is 20.8 Å². The Bertz CT molecular complexity index is 1070. The lowest BCUT2D eigenvalue weighted by atomic mass is 10.1. The van der Waals surface area contributed by atoms with Crippen LogP contribution in [0.4, 0.5) is 10.5 Å². The van der Waals surface area contributed by atoms with Gasteiger partial charge in [-0.1, -0.05) is 17.7 Å². The minimum Gasteiger partial charge on any atom is -0.497 e. The Morgan fingerprint density at radius 2 is 1.74 bits per heavy atom. The van der Waals surface area contributed by atoms with Gasteiger partial charge in [0, 0.05) is 11.3 Å². The average molecular weight is 441 g/mol. The first-order valence-corrected chi connectivity index (χ1v) is 10.4. The van der Waals surface area contributed by atoms with Gasteiger partial charge in [-0.2, -0.15) is 0 Å². The van der Waals surface area contributed by atoms with Gasteiger partial charge in [0.05, 0.1) is 19.1 Å². The zero-order valence-electron chi connectivity index (χ0n) is 18.1. The first kappa shape index (κ1) is 22.4. The highest BCUT2D eigenvalue weighted by Gasteiger charge is 2.36. The summed E-state index contributed by atoms with van der Waals surface area (Å²) in [5, 5.41) is 2.33. The summed E-state index contributed by atoms with van der Waals surface area (Å²) in [5.74, 6) is 0.176. The Hall–Kier alpha value is -3.26.